The van der Waals surface area contributed by atoms with E-state index < -0.39 is 0 Å². The van der Waals surface area contributed by atoms with E-state index in [1.807, 2.05) is 44.2 Å². The summed E-state index contributed by atoms with van der Waals surface area (Å²) in [7, 11) is 1.60. The average Bonchev–Trinajstić information content (AvgIpc) is 2.85. The number of nitrogens with one attached hydrogen (secondary N) is 1. The van der Waals surface area contributed by atoms with Crippen LogP contribution in [-0.4, -0.2) is 37.8 Å². The molecular formula is C26H29N3O4. The largest absolute Gasteiger partial charge is 0.497 e. The second-order valence-electron chi connectivity index (χ2n) is 7.66. The Morgan fingerprint density at radius 3 is 2.67 bits per heavy atom. The molecule has 0 aliphatic carbocycles. The minimum Gasteiger partial charge on any atom is -0.497 e. The minimum absolute atomic E-state index is 0.212. The molecule has 1 aromatic heterocycles. The van der Waals surface area contributed by atoms with Gasteiger partial charge in [-0.1, -0.05) is 12.1 Å². The molecule has 0 unspecified atom stereocenters. The Hall–Kier alpha value is -3.74. The standard InChI is InChI=1S/C26H29N3O4/c1-4-32-23-11-9-19-17-29(14-13-22(19)25(23)33-5-2)24-12-10-18(16-27-24)26(30)28-20-7-6-8-21(15-20)31-3/h6-12,15-16H,4-5,13-14,17H2,1-3H3,(H,28,30). The molecule has 0 spiro atoms. The maximum absolute atomic E-state index is 12.6. The molecule has 0 saturated carbocycles. The molecule has 0 radical (unpaired) electrons. The van der Waals surface area contributed by atoms with Gasteiger partial charge >= 0.3 is 0 Å². The van der Waals surface area contributed by atoms with Crippen LogP contribution in [0.5, 0.6) is 17.2 Å². The Morgan fingerprint density at radius 2 is 1.94 bits per heavy atom. The maximum atomic E-state index is 12.6. The van der Waals surface area contributed by atoms with Crippen LogP contribution >= 0.6 is 0 Å². The molecule has 172 valence electrons. The smallest absolute Gasteiger partial charge is 0.257 e. The Balaban J connectivity index is 1.47. The topological polar surface area (TPSA) is 72.9 Å². The number of rotatable bonds is 8. The van der Waals surface area contributed by atoms with Gasteiger partial charge in [0.15, 0.2) is 11.5 Å². The Bertz CT molecular complexity index is 1120. The zero-order valence-electron chi connectivity index (χ0n) is 19.3. The van der Waals surface area contributed by atoms with Crippen LogP contribution in [0.3, 0.4) is 0 Å². The summed E-state index contributed by atoms with van der Waals surface area (Å²) in [5, 5.41) is 2.88. The summed E-state index contributed by atoms with van der Waals surface area (Å²) in [4.78, 5) is 19.4. The number of hydrogen-bond donors (Lipinski definition) is 1. The Labute approximate surface area is 194 Å². The van der Waals surface area contributed by atoms with Gasteiger partial charge in [0.25, 0.3) is 5.91 Å². The molecule has 0 fully saturated rings. The van der Waals surface area contributed by atoms with Crippen LogP contribution in [-0.2, 0) is 13.0 Å². The van der Waals surface area contributed by atoms with Crippen LogP contribution in [0.15, 0.2) is 54.7 Å². The molecule has 1 amide bonds. The van der Waals surface area contributed by atoms with E-state index in [1.54, 1.807) is 25.4 Å². The van der Waals surface area contributed by atoms with E-state index in [0.29, 0.717) is 30.2 Å². The molecule has 1 aliphatic heterocycles. The normalized spacial score (nSPS) is 12.6. The van der Waals surface area contributed by atoms with Crippen molar-refractivity contribution in [1.29, 1.82) is 0 Å². The van der Waals surface area contributed by atoms with Crippen molar-refractivity contribution < 1.29 is 19.0 Å². The van der Waals surface area contributed by atoms with Gasteiger partial charge in [-0.05, 0) is 56.2 Å². The maximum Gasteiger partial charge on any atom is 0.257 e. The summed E-state index contributed by atoms with van der Waals surface area (Å²) in [6.45, 7) is 6.70. The molecule has 0 atom stereocenters. The number of amides is 1. The number of hydrogen-bond acceptors (Lipinski definition) is 6. The molecule has 2 aromatic carbocycles. The van der Waals surface area contributed by atoms with Gasteiger partial charge in [0, 0.05) is 36.6 Å². The molecule has 7 heteroatoms. The van der Waals surface area contributed by atoms with Gasteiger partial charge in [-0.3, -0.25) is 4.79 Å². The van der Waals surface area contributed by atoms with Gasteiger partial charge in [0.05, 0.1) is 25.9 Å². The third kappa shape index (κ3) is 5.03. The summed E-state index contributed by atoms with van der Waals surface area (Å²) in [5.41, 5.74) is 3.58. The number of fused-ring (bicyclic) bond motifs is 1. The number of methoxy groups -OCH3 is 1. The highest BCUT2D eigenvalue weighted by Crippen LogP contribution is 2.37. The van der Waals surface area contributed by atoms with E-state index >= 15 is 0 Å². The van der Waals surface area contributed by atoms with Crippen molar-refractivity contribution in [1.82, 2.24) is 4.98 Å². The predicted molar refractivity (Wildman–Crippen MR) is 129 cm³/mol. The highest BCUT2D eigenvalue weighted by atomic mass is 16.5. The quantitative estimate of drug-likeness (QED) is 0.540. The molecule has 2 heterocycles. The number of anilines is 2. The van der Waals surface area contributed by atoms with Crippen LogP contribution < -0.4 is 24.4 Å². The van der Waals surface area contributed by atoms with Crippen molar-refractivity contribution in [2.45, 2.75) is 26.8 Å². The molecule has 0 saturated heterocycles. The van der Waals surface area contributed by atoms with Crippen molar-refractivity contribution in [3.05, 3.63) is 71.4 Å². The molecule has 4 rings (SSSR count). The zero-order valence-corrected chi connectivity index (χ0v) is 19.3. The SMILES string of the molecule is CCOc1ccc2c(c1OCC)CCN(c1ccc(C(=O)Nc3cccc(OC)c3)cn1)C2. The third-order valence-corrected chi connectivity index (χ3v) is 5.56. The van der Waals surface area contributed by atoms with Crippen molar-refractivity contribution in [3.63, 3.8) is 0 Å². The Morgan fingerprint density at radius 1 is 1.09 bits per heavy atom. The first-order valence-corrected chi connectivity index (χ1v) is 11.2. The molecule has 7 nitrogen and oxygen atoms in total. The number of nitrogens with zero attached hydrogens (tertiary/aromatic N) is 2. The van der Waals surface area contributed by atoms with E-state index in [2.05, 4.69) is 21.3 Å². The van der Waals surface area contributed by atoms with Crippen LogP contribution in [0, 0.1) is 0 Å². The lowest BCUT2D eigenvalue weighted by Crippen LogP contribution is -2.31. The van der Waals surface area contributed by atoms with Crippen molar-refractivity contribution >= 4 is 17.4 Å². The molecule has 33 heavy (non-hydrogen) atoms. The fraction of sp³-hybridized carbons (Fsp3) is 0.308. The molecule has 0 bridgehead atoms. The van der Waals surface area contributed by atoms with Crippen LogP contribution in [0.2, 0.25) is 0 Å². The first kappa shape index (κ1) is 22.5. The van der Waals surface area contributed by atoms with E-state index in [-0.39, 0.29) is 5.91 Å². The lowest BCUT2D eigenvalue weighted by molar-refractivity contribution is 0.102. The average molecular weight is 448 g/mol. The summed E-state index contributed by atoms with van der Waals surface area (Å²) in [5.74, 6) is 2.97. The fourth-order valence-electron chi connectivity index (χ4n) is 3.98. The molecule has 1 aliphatic rings. The first-order chi connectivity index (χ1) is 16.1. The highest BCUT2D eigenvalue weighted by Gasteiger charge is 2.23. The molecule has 1 N–H and O–H groups in total. The fourth-order valence-corrected chi connectivity index (χ4v) is 3.98. The second-order valence-corrected chi connectivity index (χ2v) is 7.66. The summed E-state index contributed by atoms with van der Waals surface area (Å²) in [6.07, 6.45) is 2.45. The van der Waals surface area contributed by atoms with E-state index in [1.165, 1.54) is 11.1 Å². The number of pyridine rings is 1. The van der Waals surface area contributed by atoms with Gasteiger partial charge in [0.2, 0.25) is 0 Å². The lowest BCUT2D eigenvalue weighted by atomic mass is 9.98. The summed E-state index contributed by atoms with van der Waals surface area (Å²) < 4.78 is 16.9. The van der Waals surface area contributed by atoms with Gasteiger partial charge in [-0.15, -0.1) is 0 Å². The monoisotopic (exact) mass is 447 g/mol. The summed E-state index contributed by atoms with van der Waals surface area (Å²) >= 11 is 0. The van der Waals surface area contributed by atoms with Crippen molar-refractivity contribution in [2.24, 2.45) is 0 Å². The lowest BCUT2D eigenvalue weighted by Gasteiger charge is -2.31. The highest BCUT2D eigenvalue weighted by molar-refractivity contribution is 6.04. The van der Waals surface area contributed by atoms with Gasteiger partial charge in [-0.25, -0.2) is 4.98 Å². The number of benzene rings is 2. The first-order valence-electron chi connectivity index (χ1n) is 11.2. The predicted octanol–water partition coefficient (Wildman–Crippen LogP) is 4.70. The van der Waals surface area contributed by atoms with Gasteiger partial charge in [-0.2, -0.15) is 0 Å². The van der Waals surface area contributed by atoms with E-state index in [9.17, 15) is 4.79 Å². The van der Waals surface area contributed by atoms with E-state index in [0.717, 1.165) is 36.8 Å². The number of carbonyl (C=O) groups excluding carboxylic acids is 1. The second kappa shape index (κ2) is 10.3. The van der Waals surface area contributed by atoms with Crippen molar-refractivity contribution in [2.75, 3.05) is 37.1 Å². The van der Waals surface area contributed by atoms with Crippen molar-refractivity contribution in [3.8, 4) is 17.2 Å². The molecular weight excluding hydrogens is 418 g/mol. The third-order valence-electron chi connectivity index (χ3n) is 5.56. The molecule has 3 aromatic rings. The van der Waals surface area contributed by atoms with Crippen LogP contribution in [0.25, 0.3) is 0 Å². The zero-order chi connectivity index (χ0) is 23.2. The number of ether oxygens (including phenoxy) is 3. The summed E-state index contributed by atoms with van der Waals surface area (Å²) in [6, 6.07) is 15.0. The van der Waals surface area contributed by atoms with Crippen LogP contribution in [0.1, 0.15) is 35.3 Å². The van der Waals surface area contributed by atoms with Gasteiger partial charge in [0.1, 0.15) is 11.6 Å². The number of carbonyl (C=O) groups is 1. The van der Waals surface area contributed by atoms with Gasteiger partial charge < -0.3 is 24.4 Å². The Kier molecular flexibility index (Phi) is 6.98. The number of aromatic nitrogens is 1. The van der Waals surface area contributed by atoms with E-state index in [4.69, 9.17) is 14.2 Å². The minimum atomic E-state index is -0.212. The van der Waals surface area contributed by atoms with Crippen LogP contribution in [0.4, 0.5) is 11.5 Å².